The Morgan fingerprint density at radius 1 is 0.583 bits per heavy atom. The fraction of sp³-hybridized carbons (Fsp3) is 1.00. The molecule has 0 aromatic carbocycles. The van der Waals surface area contributed by atoms with E-state index in [4.69, 9.17) is 28.9 Å². The molecule has 0 spiro atoms. The van der Waals surface area contributed by atoms with Crippen molar-refractivity contribution in [2.45, 2.75) is 12.2 Å². The third kappa shape index (κ3) is 29.6. The van der Waals surface area contributed by atoms with Crippen LogP contribution in [-0.4, -0.2) is 119 Å². The number of hydrogen-bond donors (Lipinski definition) is 5. The Kier molecular flexibility index (Phi) is 26.5. The number of ether oxygens (including phenoxy) is 2. The Bertz CT molecular complexity index is 1110. The van der Waals surface area contributed by atoms with E-state index in [1.165, 1.54) is 14.1 Å². The van der Waals surface area contributed by atoms with Crippen molar-refractivity contribution in [3.8, 4) is 0 Å². The van der Waals surface area contributed by atoms with Crippen molar-refractivity contribution >= 4 is 60.7 Å². The van der Waals surface area contributed by atoms with Gasteiger partial charge in [-0.05, 0) is 14.1 Å². The van der Waals surface area contributed by atoms with Crippen LogP contribution >= 0.6 is 60.7 Å². The Morgan fingerprint density at radius 3 is 1.38 bits per heavy atom. The van der Waals surface area contributed by atoms with Crippen LogP contribution in [0, 0.1) is 0 Å². The van der Waals surface area contributed by atoms with Crippen molar-refractivity contribution in [2.24, 2.45) is 0 Å². The minimum atomic E-state index is -5.31. The van der Waals surface area contributed by atoms with Crippen LogP contribution < -0.4 is 30.2 Å². The van der Waals surface area contributed by atoms with Crippen LogP contribution in [0.1, 0.15) is 0 Å². The number of phosphoric acid groups is 5. The standard InChI is InChI=1S/C16H41N2O23P5S2/c1-17-11-31-7-15(40-42(20,21)22)9-37-43(23,24)34-5-6-36-46(29,30)41-16(8-32-12-18-2)10-38-44(25,26)33-3-4-35-45(27,28)39-14-48-47-13-19/h15-19H,3-14H2,1-2H3,(H,23,24)(H,25,26)(H,27,28)(H,29,30)(H2,20,21,22)/p-4. The van der Waals surface area contributed by atoms with Crippen LogP contribution in [0.15, 0.2) is 0 Å². The zero-order valence-corrected chi connectivity index (χ0v) is 31.3. The minimum Gasteiger partial charge on any atom is -0.756 e. The predicted molar refractivity (Wildman–Crippen MR) is 156 cm³/mol. The van der Waals surface area contributed by atoms with Gasteiger partial charge in [0.25, 0.3) is 31.3 Å². The van der Waals surface area contributed by atoms with Crippen LogP contribution in [0.5, 0.6) is 0 Å². The molecule has 0 aliphatic rings. The van der Waals surface area contributed by atoms with Gasteiger partial charge in [0.1, 0.15) is 18.1 Å². The van der Waals surface area contributed by atoms with Gasteiger partial charge in [-0.15, -0.1) is 0 Å². The number of rotatable bonds is 33. The average molecular weight is 844 g/mol. The monoisotopic (exact) mass is 844 g/mol. The van der Waals surface area contributed by atoms with E-state index >= 15 is 0 Å². The summed E-state index contributed by atoms with van der Waals surface area (Å²) in [5.74, 6) is -0.689. The first-order valence-electron chi connectivity index (χ1n) is 12.7. The fourth-order valence-electron chi connectivity index (χ4n) is 2.42. The van der Waals surface area contributed by atoms with E-state index in [2.05, 4.69) is 46.8 Å². The molecule has 0 aliphatic heterocycles. The van der Waals surface area contributed by atoms with Gasteiger partial charge in [-0.1, -0.05) is 21.6 Å². The Morgan fingerprint density at radius 2 is 0.979 bits per heavy atom. The molecular weight excluding hydrogens is 807 g/mol. The smallest absolute Gasteiger partial charge is 0.470 e. The lowest BCUT2D eigenvalue weighted by Gasteiger charge is -2.30. The van der Waals surface area contributed by atoms with E-state index in [0.29, 0.717) is 0 Å². The third-order valence-electron chi connectivity index (χ3n) is 4.06. The van der Waals surface area contributed by atoms with Gasteiger partial charge in [0.2, 0.25) is 0 Å². The molecule has 0 aromatic rings. The molecule has 5 N–H and O–H groups in total. The quantitative estimate of drug-likeness (QED) is 0.0197. The number of nitrogens with one attached hydrogen (secondary N) is 2. The lowest BCUT2D eigenvalue weighted by Crippen LogP contribution is -2.30. The summed E-state index contributed by atoms with van der Waals surface area (Å²) in [6.07, 6.45) is -3.22. The van der Waals surface area contributed by atoms with E-state index in [1.54, 1.807) is 0 Å². The molecule has 0 fully saturated rings. The van der Waals surface area contributed by atoms with Crippen LogP contribution in [0.25, 0.3) is 0 Å². The molecular formula is C16H37N2O23P5S2-4. The maximum Gasteiger partial charge on any atom is 0.470 e. The van der Waals surface area contributed by atoms with Gasteiger partial charge in [-0.3, -0.25) is 33.4 Å². The zero-order valence-electron chi connectivity index (χ0n) is 25.2. The molecule has 0 heterocycles. The van der Waals surface area contributed by atoms with E-state index in [9.17, 15) is 42.4 Å². The summed E-state index contributed by atoms with van der Waals surface area (Å²) in [7, 11) is -20.8. The molecule has 0 aliphatic carbocycles. The first-order chi connectivity index (χ1) is 22.3. The summed E-state index contributed by atoms with van der Waals surface area (Å²) in [6, 6.07) is 0. The molecule has 0 amide bonds. The molecule has 0 rings (SSSR count). The molecule has 32 heteroatoms. The van der Waals surface area contributed by atoms with Crippen LogP contribution in [0.4, 0.5) is 0 Å². The lowest BCUT2D eigenvalue weighted by atomic mass is 10.4. The largest absolute Gasteiger partial charge is 0.756 e. The second-order valence-electron chi connectivity index (χ2n) is 8.01. The molecule has 0 saturated heterocycles. The number of aliphatic hydroxyl groups is 1. The Balaban J connectivity index is 4.82. The molecule has 6 atom stereocenters. The molecule has 290 valence electrons. The number of hydrogen-bond acceptors (Lipinski definition) is 25. The summed E-state index contributed by atoms with van der Waals surface area (Å²) < 4.78 is 109. The lowest BCUT2D eigenvalue weighted by molar-refractivity contribution is -0.242. The first-order valence-corrected chi connectivity index (χ1v) is 22.6. The summed E-state index contributed by atoms with van der Waals surface area (Å²) in [6.45, 7) is -6.85. The van der Waals surface area contributed by atoms with Gasteiger partial charge in [-0.2, -0.15) is 0 Å². The minimum absolute atomic E-state index is 0.0763. The summed E-state index contributed by atoms with van der Waals surface area (Å²) in [5, 5.41) is 13.7. The highest BCUT2D eigenvalue weighted by Crippen LogP contribution is 2.45. The maximum atomic E-state index is 12.2. The fourth-order valence-corrected chi connectivity index (χ4v) is 7.24. The molecule has 0 aromatic heterocycles. The summed E-state index contributed by atoms with van der Waals surface area (Å²) in [5.41, 5.74) is 0. The van der Waals surface area contributed by atoms with Crippen LogP contribution in [-0.2, 0) is 73.0 Å². The van der Waals surface area contributed by atoms with E-state index in [-0.39, 0.29) is 19.4 Å². The summed E-state index contributed by atoms with van der Waals surface area (Å²) >= 11 is 0. The SMILES string of the molecule is CNCOCC(COP(=O)([O-])OCCOP(=O)([O-])OC(COCNC)COP(=O)([O-])OCCOP(=O)([O-])OCSSCO)OP(=O)(O)O. The van der Waals surface area contributed by atoms with Gasteiger partial charge < -0.3 is 80.1 Å². The van der Waals surface area contributed by atoms with E-state index in [0.717, 1.165) is 21.6 Å². The van der Waals surface area contributed by atoms with E-state index < -0.39 is 110 Å². The molecule has 0 saturated carbocycles. The van der Waals surface area contributed by atoms with Crippen LogP contribution in [0.2, 0.25) is 0 Å². The normalized spacial score (nSPS) is 18.8. The Hall–Kier alpha value is 1.05. The second kappa shape index (κ2) is 25.9. The van der Waals surface area contributed by atoms with Gasteiger partial charge in [0, 0.05) is 0 Å². The third-order valence-corrected chi connectivity index (χ3v) is 10.3. The van der Waals surface area contributed by atoms with Crippen molar-refractivity contribution in [2.75, 3.05) is 92.3 Å². The second-order valence-corrected chi connectivity index (χ2v) is 17.2. The molecule has 25 nitrogen and oxygen atoms in total. The highest BCUT2D eigenvalue weighted by atomic mass is 33.1. The maximum absolute atomic E-state index is 12.2. The predicted octanol–water partition coefficient (Wildman–Crippen LogP) is -2.48. The van der Waals surface area contributed by atoms with E-state index in [1.807, 2.05) is 0 Å². The number of phosphoric ester groups is 5. The topological polar surface area (TPSA) is 364 Å². The van der Waals surface area contributed by atoms with Crippen molar-refractivity contribution in [1.82, 2.24) is 10.6 Å². The Labute approximate surface area is 283 Å². The highest BCUT2D eigenvalue weighted by Gasteiger charge is 2.26. The molecule has 0 bridgehead atoms. The average Bonchev–Trinajstić information content (AvgIpc) is 2.97. The first kappa shape index (κ1) is 49.0. The zero-order chi connectivity index (χ0) is 36.7. The van der Waals surface area contributed by atoms with Crippen molar-refractivity contribution in [3.63, 3.8) is 0 Å². The van der Waals surface area contributed by atoms with Gasteiger partial charge >= 0.3 is 7.82 Å². The van der Waals surface area contributed by atoms with Crippen molar-refractivity contribution < 1.29 is 107 Å². The highest BCUT2D eigenvalue weighted by molar-refractivity contribution is 8.76. The van der Waals surface area contributed by atoms with Crippen molar-refractivity contribution in [1.29, 1.82) is 0 Å². The number of aliphatic hydroxyl groups excluding tert-OH is 1. The van der Waals surface area contributed by atoms with Crippen molar-refractivity contribution in [3.05, 3.63) is 0 Å². The van der Waals surface area contributed by atoms with Crippen LogP contribution in [0.3, 0.4) is 0 Å². The molecule has 6 unspecified atom stereocenters. The summed E-state index contributed by atoms with van der Waals surface area (Å²) in [4.78, 5) is 65.6. The molecule has 48 heavy (non-hydrogen) atoms. The van der Waals surface area contributed by atoms with Gasteiger partial charge in [-0.25, -0.2) is 4.57 Å². The van der Waals surface area contributed by atoms with Gasteiger partial charge in [0.05, 0.1) is 72.3 Å². The molecule has 0 radical (unpaired) electrons. The van der Waals surface area contributed by atoms with Gasteiger partial charge in [0.15, 0.2) is 0 Å².